The predicted molar refractivity (Wildman–Crippen MR) is 55.9 cm³/mol. The molecule has 0 heterocycles. The summed E-state index contributed by atoms with van der Waals surface area (Å²) >= 11 is 0. The number of hydrogen-bond donors (Lipinski definition) is 1. The second kappa shape index (κ2) is 3.48. The van der Waals surface area contributed by atoms with E-state index in [1.165, 1.54) is 12.1 Å². The lowest BCUT2D eigenvalue weighted by Crippen LogP contribution is -2.43. The largest absolute Gasteiger partial charge is 0.416 e. The van der Waals surface area contributed by atoms with Crippen LogP contribution in [-0.4, -0.2) is 0 Å². The zero-order valence-corrected chi connectivity index (χ0v) is 9.06. The van der Waals surface area contributed by atoms with E-state index in [9.17, 15) is 13.2 Å². The summed E-state index contributed by atoms with van der Waals surface area (Å²) in [5.41, 5.74) is 6.60. The van der Waals surface area contributed by atoms with Crippen LogP contribution in [0.3, 0.4) is 0 Å². The molecule has 0 aliphatic heterocycles. The lowest BCUT2D eigenvalue weighted by atomic mass is 9.71. The standard InChI is InChI=1S/C12H14F3N/c1-8-7-9(12(13,14)15)3-4-10(8)11(16)5-2-6-11/h3-4,7H,2,5-6,16H2,1H3. The number of rotatable bonds is 1. The van der Waals surface area contributed by atoms with E-state index in [4.69, 9.17) is 5.73 Å². The Kier molecular flexibility index (Phi) is 2.49. The highest BCUT2D eigenvalue weighted by molar-refractivity contribution is 5.38. The van der Waals surface area contributed by atoms with Gasteiger partial charge in [-0.15, -0.1) is 0 Å². The first-order valence-corrected chi connectivity index (χ1v) is 5.30. The molecule has 1 aliphatic rings. The number of halogens is 3. The van der Waals surface area contributed by atoms with Gasteiger partial charge in [-0.05, 0) is 49.4 Å². The third kappa shape index (κ3) is 1.82. The highest BCUT2D eigenvalue weighted by atomic mass is 19.4. The van der Waals surface area contributed by atoms with Gasteiger partial charge in [-0.2, -0.15) is 13.2 Å². The van der Waals surface area contributed by atoms with Gasteiger partial charge in [0.1, 0.15) is 0 Å². The Balaban J connectivity index is 2.37. The summed E-state index contributed by atoms with van der Waals surface area (Å²) in [6.45, 7) is 1.69. The molecule has 0 spiro atoms. The van der Waals surface area contributed by atoms with E-state index in [1.807, 2.05) is 0 Å². The Labute approximate surface area is 92.5 Å². The summed E-state index contributed by atoms with van der Waals surface area (Å²) in [5.74, 6) is 0. The molecule has 1 aromatic rings. The molecule has 0 atom stereocenters. The number of aryl methyl sites for hydroxylation is 1. The zero-order chi connectivity index (χ0) is 12.0. The molecule has 16 heavy (non-hydrogen) atoms. The van der Waals surface area contributed by atoms with Crippen LogP contribution in [0.5, 0.6) is 0 Å². The maximum absolute atomic E-state index is 12.5. The second-order valence-corrected chi connectivity index (χ2v) is 4.54. The second-order valence-electron chi connectivity index (χ2n) is 4.54. The smallest absolute Gasteiger partial charge is 0.321 e. The van der Waals surface area contributed by atoms with Gasteiger partial charge in [0.15, 0.2) is 0 Å². The van der Waals surface area contributed by atoms with E-state index in [-0.39, 0.29) is 0 Å². The lowest BCUT2D eigenvalue weighted by molar-refractivity contribution is -0.137. The Hall–Kier alpha value is -1.03. The molecule has 1 aromatic carbocycles. The fourth-order valence-corrected chi connectivity index (χ4v) is 2.23. The third-order valence-electron chi connectivity index (χ3n) is 3.34. The minimum Gasteiger partial charge on any atom is -0.321 e. The van der Waals surface area contributed by atoms with Gasteiger partial charge in [-0.1, -0.05) is 6.07 Å². The van der Waals surface area contributed by atoms with Crippen molar-refractivity contribution in [1.29, 1.82) is 0 Å². The molecule has 0 saturated heterocycles. The summed E-state index contributed by atoms with van der Waals surface area (Å²) in [6, 6.07) is 3.83. The molecule has 0 bridgehead atoms. The highest BCUT2D eigenvalue weighted by Gasteiger charge is 2.37. The molecule has 0 amide bonds. The lowest BCUT2D eigenvalue weighted by Gasteiger charge is -2.39. The van der Waals surface area contributed by atoms with Crippen molar-refractivity contribution in [2.75, 3.05) is 0 Å². The third-order valence-corrected chi connectivity index (χ3v) is 3.34. The summed E-state index contributed by atoms with van der Waals surface area (Å²) in [7, 11) is 0. The molecule has 0 unspecified atom stereocenters. The van der Waals surface area contributed by atoms with E-state index in [0.717, 1.165) is 30.9 Å². The van der Waals surface area contributed by atoms with Crippen LogP contribution in [0, 0.1) is 6.92 Å². The van der Waals surface area contributed by atoms with Crippen LogP contribution in [0.15, 0.2) is 18.2 Å². The van der Waals surface area contributed by atoms with Crippen molar-refractivity contribution in [3.63, 3.8) is 0 Å². The van der Waals surface area contributed by atoms with Crippen LogP contribution in [0.25, 0.3) is 0 Å². The minimum absolute atomic E-state index is 0.395. The quantitative estimate of drug-likeness (QED) is 0.785. The van der Waals surface area contributed by atoms with Gasteiger partial charge >= 0.3 is 6.18 Å². The predicted octanol–water partition coefficient (Wildman–Crippen LogP) is 3.35. The van der Waals surface area contributed by atoms with Crippen LogP contribution >= 0.6 is 0 Å². The molecule has 1 fully saturated rings. The molecule has 2 rings (SSSR count). The first-order chi connectivity index (χ1) is 7.33. The fraction of sp³-hybridized carbons (Fsp3) is 0.500. The van der Waals surface area contributed by atoms with Gasteiger partial charge in [-0.25, -0.2) is 0 Å². The van der Waals surface area contributed by atoms with Crippen molar-refractivity contribution in [1.82, 2.24) is 0 Å². The first-order valence-electron chi connectivity index (χ1n) is 5.30. The maximum atomic E-state index is 12.5. The van der Waals surface area contributed by atoms with Crippen LogP contribution in [0.4, 0.5) is 13.2 Å². The van der Waals surface area contributed by atoms with E-state index >= 15 is 0 Å². The monoisotopic (exact) mass is 229 g/mol. The van der Waals surface area contributed by atoms with Crippen LogP contribution < -0.4 is 5.73 Å². The van der Waals surface area contributed by atoms with Gasteiger partial charge in [-0.3, -0.25) is 0 Å². The Bertz CT molecular complexity index is 405. The Morgan fingerprint density at radius 3 is 2.25 bits per heavy atom. The van der Waals surface area contributed by atoms with Gasteiger partial charge in [0, 0.05) is 5.54 Å². The molecule has 88 valence electrons. The number of nitrogens with two attached hydrogens (primary N) is 1. The van der Waals surface area contributed by atoms with E-state index in [1.54, 1.807) is 6.92 Å². The zero-order valence-electron chi connectivity index (χ0n) is 9.06. The SMILES string of the molecule is Cc1cc(C(F)(F)F)ccc1C1(N)CCC1. The normalized spacial score (nSPS) is 19.3. The minimum atomic E-state index is -4.27. The first kappa shape index (κ1) is 11.5. The molecular weight excluding hydrogens is 215 g/mol. The van der Waals surface area contributed by atoms with Gasteiger partial charge in [0.2, 0.25) is 0 Å². The summed E-state index contributed by atoms with van der Waals surface area (Å²) in [5, 5.41) is 0. The maximum Gasteiger partial charge on any atom is 0.416 e. The molecule has 1 saturated carbocycles. The van der Waals surface area contributed by atoms with Crippen molar-refractivity contribution in [3.05, 3.63) is 34.9 Å². The molecule has 4 heteroatoms. The Morgan fingerprint density at radius 2 is 1.88 bits per heavy atom. The van der Waals surface area contributed by atoms with Crippen molar-refractivity contribution >= 4 is 0 Å². The van der Waals surface area contributed by atoms with Gasteiger partial charge in [0.25, 0.3) is 0 Å². The summed E-state index contributed by atoms with van der Waals surface area (Å²) in [4.78, 5) is 0. The average molecular weight is 229 g/mol. The van der Waals surface area contributed by atoms with Crippen LogP contribution in [0.1, 0.15) is 36.0 Å². The van der Waals surface area contributed by atoms with Gasteiger partial charge in [0.05, 0.1) is 5.56 Å². The van der Waals surface area contributed by atoms with Crippen LogP contribution in [-0.2, 0) is 11.7 Å². The van der Waals surface area contributed by atoms with Crippen molar-refractivity contribution < 1.29 is 13.2 Å². The number of alkyl halides is 3. The molecular formula is C12H14F3N. The Morgan fingerprint density at radius 1 is 1.25 bits per heavy atom. The van der Waals surface area contributed by atoms with E-state index < -0.39 is 17.3 Å². The van der Waals surface area contributed by atoms with Crippen molar-refractivity contribution in [2.24, 2.45) is 5.73 Å². The highest BCUT2D eigenvalue weighted by Crippen LogP contribution is 2.41. The van der Waals surface area contributed by atoms with E-state index in [2.05, 4.69) is 0 Å². The van der Waals surface area contributed by atoms with Gasteiger partial charge < -0.3 is 5.73 Å². The molecule has 1 aliphatic carbocycles. The van der Waals surface area contributed by atoms with Crippen LogP contribution in [0.2, 0.25) is 0 Å². The summed E-state index contributed by atoms with van der Waals surface area (Å²) < 4.78 is 37.4. The van der Waals surface area contributed by atoms with Crippen molar-refractivity contribution in [3.8, 4) is 0 Å². The van der Waals surface area contributed by atoms with Crippen molar-refractivity contribution in [2.45, 2.75) is 37.9 Å². The molecule has 0 radical (unpaired) electrons. The topological polar surface area (TPSA) is 26.0 Å². The summed E-state index contributed by atoms with van der Waals surface area (Å²) in [6.07, 6.45) is -1.50. The number of hydrogen-bond acceptors (Lipinski definition) is 1. The molecule has 1 nitrogen and oxygen atoms in total. The van der Waals surface area contributed by atoms with E-state index in [0.29, 0.717) is 5.56 Å². The number of benzene rings is 1. The molecule has 0 aromatic heterocycles. The average Bonchev–Trinajstić information content (AvgIpc) is 2.12. The fourth-order valence-electron chi connectivity index (χ4n) is 2.23. The molecule has 2 N–H and O–H groups in total.